The highest BCUT2D eigenvalue weighted by atomic mass is 16.4. The van der Waals surface area contributed by atoms with Crippen LogP contribution in [-0.4, -0.2) is 26.8 Å². The van der Waals surface area contributed by atoms with Crippen molar-refractivity contribution < 1.29 is 19.1 Å². The number of aromatic carboxylic acids is 1. The van der Waals surface area contributed by atoms with Crippen LogP contribution in [0.25, 0.3) is 11.3 Å². The van der Waals surface area contributed by atoms with Crippen molar-refractivity contribution in [1.82, 2.24) is 9.78 Å². The number of carbonyl (C=O) groups is 2. The highest BCUT2D eigenvalue weighted by Crippen LogP contribution is 2.39. The van der Waals surface area contributed by atoms with Gasteiger partial charge in [-0.2, -0.15) is 5.10 Å². The Hall–Kier alpha value is -3.35. The zero-order chi connectivity index (χ0) is 19.1. The molecule has 0 saturated carbocycles. The SMILES string of the molecule is CC(C)n1ncc2c1NC(=O)CC2c1ccc(-c2cccc(C(=O)O)c2)o1. The molecule has 0 bridgehead atoms. The Balaban J connectivity index is 1.71. The average molecular weight is 365 g/mol. The quantitative estimate of drug-likeness (QED) is 0.731. The number of aromatic nitrogens is 2. The van der Waals surface area contributed by atoms with E-state index in [1.54, 1.807) is 35.1 Å². The molecule has 0 fully saturated rings. The summed E-state index contributed by atoms with van der Waals surface area (Å²) in [5.74, 6) is 0.635. The number of hydrogen-bond acceptors (Lipinski definition) is 4. The van der Waals surface area contributed by atoms with Crippen molar-refractivity contribution in [3.05, 3.63) is 59.5 Å². The van der Waals surface area contributed by atoms with Crippen LogP contribution < -0.4 is 5.32 Å². The van der Waals surface area contributed by atoms with Gasteiger partial charge >= 0.3 is 5.97 Å². The predicted molar refractivity (Wildman–Crippen MR) is 98.8 cm³/mol. The number of hydrogen-bond donors (Lipinski definition) is 2. The van der Waals surface area contributed by atoms with E-state index in [9.17, 15) is 9.59 Å². The third kappa shape index (κ3) is 3.01. The Morgan fingerprint density at radius 3 is 2.89 bits per heavy atom. The van der Waals surface area contributed by atoms with Crippen LogP contribution in [0.15, 0.2) is 47.0 Å². The fourth-order valence-electron chi connectivity index (χ4n) is 3.38. The normalized spacial score (nSPS) is 16.3. The minimum atomic E-state index is -0.988. The summed E-state index contributed by atoms with van der Waals surface area (Å²) in [6.07, 6.45) is 2.05. The van der Waals surface area contributed by atoms with E-state index in [-0.39, 0.29) is 29.9 Å². The summed E-state index contributed by atoms with van der Waals surface area (Å²) in [4.78, 5) is 23.4. The van der Waals surface area contributed by atoms with Crippen LogP contribution in [0.1, 0.15) is 53.9 Å². The predicted octanol–water partition coefficient (Wildman–Crippen LogP) is 3.90. The molecule has 0 saturated heterocycles. The lowest BCUT2D eigenvalue weighted by molar-refractivity contribution is -0.116. The van der Waals surface area contributed by atoms with Gasteiger partial charge in [0.25, 0.3) is 0 Å². The van der Waals surface area contributed by atoms with Crippen molar-refractivity contribution in [3.63, 3.8) is 0 Å². The molecule has 1 aromatic carbocycles. The van der Waals surface area contributed by atoms with Gasteiger partial charge in [-0.3, -0.25) is 4.79 Å². The number of furan rings is 1. The first kappa shape index (κ1) is 17.1. The van der Waals surface area contributed by atoms with Gasteiger partial charge in [-0.05, 0) is 38.1 Å². The molecular weight excluding hydrogens is 346 g/mol. The molecule has 1 atom stereocenters. The fraction of sp³-hybridized carbons (Fsp3) is 0.250. The summed E-state index contributed by atoms with van der Waals surface area (Å²) in [7, 11) is 0. The second-order valence-electron chi connectivity index (χ2n) is 6.88. The molecule has 138 valence electrons. The van der Waals surface area contributed by atoms with Crippen LogP contribution in [0.2, 0.25) is 0 Å². The van der Waals surface area contributed by atoms with Gasteiger partial charge in [0.2, 0.25) is 5.91 Å². The molecule has 7 heteroatoms. The van der Waals surface area contributed by atoms with Gasteiger partial charge in [0.1, 0.15) is 17.3 Å². The Morgan fingerprint density at radius 2 is 2.15 bits per heavy atom. The van der Waals surface area contributed by atoms with E-state index in [4.69, 9.17) is 9.52 Å². The molecular formula is C20H19N3O4. The molecule has 3 heterocycles. The maximum Gasteiger partial charge on any atom is 0.335 e. The highest BCUT2D eigenvalue weighted by molar-refractivity contribution is 5.94. The van der Waals surface area contributed by atoms with Crippen molar-refractivity contribution in [2.45, 2.75) is 32.2 Å². The summed E-state index contributed by atoms with van der Waals surface area (Å²) >= 11 is 0. The molecule has 0 spiro atoms. The number of benzene rings is 1. The Kier molecular flexibility index (Phi) is 4.07. The largest absolute Gasteiger partial charge is 0.478 e. The number of carbonyl (C=O) groups excluding carboxylic acids is 1. The first-order chi connectivity index (χ1) is 12.9. The molecule has 1 amide bonds. The zero-order valence-electron chi connectivity index (χ0n) is 15.0. The molecule has 3 aromatic rings. The van der Waals surface area contributed by atoms with Gasteiger partial charge in [-0.1, -0.05) is 12.1 Å². The lowest BCUT2D eigenvalue weighted by atomic mass is 9.92. The fourth-order valence-corrected chi connectivity index (χ4v) is 3.38. The van der Waals surface area contributed by atoms with Crippen molar-refractivity contribution >= 4 is 17.7 Å². The van der Waals surface area contributed by atoms with Crippen LogP contribution in [0.5, 0.6) is 0 Å². The minimum Gasteiger partial charge on any atom is -0.478 e. The Labute approximate surface area is 155 Å². The Bertz CT molecular complexity index is 1030. The monoisotopic (exact) mass is 365 g/mol. The van der Waals surface area contributed by atoms with Gasteiger partial charge in [0, 0.05) is 23.6 Å². The highest BCUT2D eigenvalue weighted by Gasteiger charge is 2.32. The molecule has 0 radical (unpaired) electrons. The van der Waals surface area contributed by atoms with Gasteiger partial charge < -0.3 is 14.8 Å². The van der Waals surface area contributed by atoms with Crippen molar-refractivity contribution in [2.75, 3.05) is 5.32 Å². The Morgan fingerprint density at radius 1 is 1.33 bits per heavy atom. The maximum atomic E-state index is 12.2. The van der Waals surface area contributed by atoms with E-state index in [0.717, 1.165) is 5.56 Å². The summed E-state index contributed by atoms with van der Waals surface area (Å²) < 4.78 is 7.80. The zero-order valence-corrected chi connectivity index (χ0v) is 15.0. The second-order valence-corrected chi connectivity index (χ2v) is 6.88. The molecule has 2 N–H and O–H groups in total. The topological polar surface area (TPSA) is 97.4 Å². The number of anilines is 1. The van der Waals surface area contributed by atoms with E-state index in [2.05, 4.69) is 10.4 Å². The lowest BCUT2D eigenvalue weighted by Crippen LogP contribution is -2.25. The molecule has 1 aliphatic rings. The first-order valence-corrected chi connectivity index (χ1v) is 8.74. The second kappa shape index (κ2) is 6.42. The number of rotatable bonds is 4. The maximum absolute atomic E-state index is 12.2. The molecule has 7 nitrogen and oxygen atoms in total. The molecule has 1 unspecified atom stereocenters. The molecule has 2 aromatic heterocycles. The summed E-state index contributed by atoms with van der Waals surface area (Å²) in [6, 6.07) is 10.3. The van der Waals surface area contributed by atoms with Crippen molar-refractivity contribution in [2.24, 2.45) is 0 Å². The van der Waals surface area contributed by atoms with Crippen molar-refractivity contribution in [3.8, 4) is 11.3 Å². The summed E-state index contributed by atoms with van der Waals surface area (Å²) in [6.45, 7) is 4.01. The summed E-state index contributed by atoms with van der Waals surface area (Å²) in [5.41, 5.74) is 1.80. The van der Waals surface area contributed by atoms with Crippen molar-refractivity contribution in [1.29, 1.82) is 0 Å². The van der Waals surface area contributed by atoms with Crippen LogP contribution in [0.4, 0.5) is 5.82 Å². The number of fused-ring (bicyclic) bond motifs is 1. The number of carboxylic acids is 1. The van der Waals surface area contributed by atoms with E-state index in [1.807, 2.05) is 19.9 Å². The third-order valence-electron chi connectivity index (χ3n) is 4.70. The van der Waals surface area contributed by atoms with Gasteiger partial charge in [-0.25, -0.2) is 9.48 Å². The standard InChI is InChI=1S/C20H19N3O4/c1-11(2)23-19-15(10-21-23)14(9-18(24)22-19)17-7-6-16(27-17)12-4-3-5-13(8-12)20(25)26/h3-8,10-11,14H,9H2,1-2H3,(H,22,24)(H,25,26). The van der Waals surface area contributed by atoms with Crippen LogP contribution >= 0.6 is 0 Å². The molecule has 1 aliphatic heterocycles. The van der Waals surface area contributed by atoms with E-state index in [1.165, 1.54) is 6.07 Å². The lowest BCUT2D eigenvalue weighted by Gasteiger charge is -2.23. The number of nitrogens with one attached hydrogen (secondary N) is 1. The molecule has 4 rings (SSSR count). The number of amides is 1. The molecule has 0 aliphatic carbocycles. The van der Waals surface area contributed by atoms with E-state index in [0.29, 0.717) is 22.9 Å². The summed E-state index contributed by atoms with van der Waals surface area (Å²) in [5, 5.41) is 16.5. The number of carboxylic acid groups (broad SMARTS) is 1. The first-order valence-electron chi connectivity index (χ1n) is 8.74. The van der Waals surface area contributed by atoms with Gasteiger partial charge in [0.05, 0.1) is 17.7 Å². The third-order valence-corrected chi connectivity index (χ3v) is 4.70. The average Bonchev–Trinajstić information content (AvgIpc) is 3.28. The van der Waals surface area contributed by atoms with Gasteiger partial charge in [0.15, 0.2) is 0 Å². The van der Waals surface area contributed by atoms with E-state index < -0.39 is 5.97 Å². The smallest absolute Gasteiger partial charge is 0.335 e. The van der Waals surface area contributed by atoms with Crippen LogP contribution in [-0.2, 0) is 4.79 Å². The van der Waals surface area contributed by atoms with Crippen LogP contribution in [0.3, 0.4) is 0 Å². The van der Waals surface area contributed by atoms with E-state index >= 15 is 0 Å². The van der Waals surface area contributed by atoms with Crippen LogP contribution in [0, 0.1) is 0 Å². The molecule has 27 heavy (non-hydrogen) atoms. The number of nitrogens with zero attached hydrogens (tertiary/aromatic N) is 2. The van der Waals surface area contributed by atoms with Gasteiger partial charge in [-0.15, -0.1) is 0 Å². The minimum absolute atomic E-state index is 0.0827.